The Hall–Kier alpha value is -1.20. The molecule has 1 aromatic rings. The summed E-state index contributed by atoms with van der Waals surface area (Å²) in [5, 5.41) is 4.80. The number of nitrogens with one attached hydrogen (secondary N) is 1. The number of hydrogen-bond acceptors (Lipinski definition) is 4. The highest BCUT2D eigenvalue weighted by molar-refractivity contribution is 7.12. The van der Waals surface area contributed by atoms with Crippen molar-refractivity contribution in [2.75, 3.05) is 6.61 Å². The third kappa shape index (κ3) is 3.19. The Morgan fingerprint density at radius 1 is 1.33 bits per heavy atom. The lowest BCUT2D eigenvalue weighted by Gasteiger charge is -2.32. The summed E-state index contributed by atoms with van der Waals surface area (Å²) in [4.78, 5) is 24.2. The Morgan fingerprint density at radius 2 is 2.10 bits per heavy atom. The fourth-order valence-corrected chi connectivity index (χ4v) is 4.18. The van der Waals surface area contributed by atoms with E-state index >= 15 is 0 Å². The Kier molecular flexibility index (Phi) is 4.13. The molecule has 1 aromatic heterocycles. The standard InChI is InChI=1S/C16H21NO3S/c1-11(18)14-7-12(10-21-14)15(19)17-13-8-16(20-9-13)5-3-2-4-6-16/h7,10,13H,2-6,8-9H2,1H3,(H,17,19). The van der Waals surface area contributed by atoms with Crippen LogP contribution in [0.2, 0.25) is 0 Å². The van der Waals surface area contributed by atoms with Crippen LogP contribution in [0.5, 0.6) is 0 Å². The zero-order valence-corrected chi connectivity index (χ0v) is 13.1. The van der Waals surface area contributed by atoms with Gasteiger partial charge in [0.25, 0.3) is 5.91 Å². The zero-order valence-electron chi connectivity index (χ0n) is 12.3. The van der Waals surface area contributed by atoms with Crippen LogP contribution < -0.4 is 5.32 Å². The van der Waals surface area contributed by atoms with Crippen molar-refractivity contribution in [3.05, 3.63) is 21.9 Å². The van der Waals surface area contributed by atoms with Crippen molar-refractivity contribution in [1.82, 2.24) is 5.32 Å². The summed E-state index contributed by atoms with van der Waals surface area (Å²) in [6.45, 7) is 2.13. The van der Waals surface area contributed by atoms with Gasteiger partial charge < -0.3 is 10.1 Å². The van der Waals surface area contributed by atoms with Gasteiger partial charge in [-0.15, -0.1) is 11.3 Å². The molecule has 5 heteroatoms. The molecule has 1 N–H and O–H groups in total. The van der Waals surface area contributed by atoms with Crippen LogP contribution in [-0.4, -0.2) is 29.9 Å². The van der Waals surface area contributed by atoms with Crippen LogP contribution in [-0.2, 0) is 4.74 Å². The van der Waals surface area contributed by atoms with Gasteiger partial charge in [0.05, 0.1) is 28.7 Å². The first-order valence-electron chi connectivity index (χ1n) is 7.62. The Labute approximate surface area is 128 Å². The number of thiophene rings is 1. The van der Waals surface area contributed by atoms with Crippen LogP contribution in [0.4, 0.5) is 0 Å². The summed E-state index contributed by atoms with van der Waals surface area (Å²) < 4.78 is 6.01. The van der Waals surface area contributed by atoms with Gasteiger partial charge in [0.1, 0.15) is 0 Å². The fraction of sp³-hybridized carbons (Fsp3) is 0.625. The monoisotopic (exact) mass is 307 g/mol. The summed E-state index contributed by atoms with van der Waals surface area (Å²) in [5.74, 6) is -0.0929. The van der Waals surface area contributed by atoms with E-state index in [0.717, 1.165) is 19.3 Å². The van der Waals surface area contributed by atoms with E-state index in [0.29, 0.717) is 17.0 Å². The molecular formula is C16H21NO3S. The number of hydrogen-bond donors (Lipinski definition) is 1. The average Bonchev–Trinajstić information content (AvgIpc) is 3.08. The van der Waals surface area contributed by atoms with E-state index in [1.54, 1.807) is 11.4 Å². The van der Waals surface area contributed by atoms with Gasteiger partial charge in [0, 0.05) is 5.38 Å². The summed E-state index contributed by atoms with van der Waals surface area (Å²) in [7, 11) is 0. The van der Waals surface area contributed by atoms with E-state index in [2.05, 4.69) is 5.32 Å². The number of amides is 1. The van der Waals surface area contributed by atoms with Crippen molar-refractivity contribution in [3.63, 3.8) is 0 Å². The van der Waals surface area contributed by atoms with Crippen LogP contribution in [0.3, 0.4) is 0 Å². The van der Waals surface area contributed by atoms with Crippen molar-refractivity contribution >= 4 is 23.0 Å². The van der Waals surface area contributed by atoms with Crippen LogP contribution in [0, 0.1) is 0 Å². The number of carbonyl (C=O) groups excluding carboxylic acids is 2. The molecule has 1 unspecified atom stereocenters. The molecule has 1 saturated heterocycles. The zero-order chi connectivity index (χ0) is 14.9. The van der Waals surface area contributed by atoms with Gasteiger partial charge in [-0.2, -0.15) is 0 Å². The number of carbonyl (C=O) groups is 2. The number of ether oxygens (including phenoxy) is 1. The topological polar surface area (TPSA) is 55.4 Å². The molecule has 1 aliphatic heterocycles. The number of ketones is 1. The van der Waals surface area contributed by atoms with E-state index < -0.39 is 0 Å². The van der Waals surface area contributed by atoms with Crippen molar-refractivity contribution in [3.8, 4) is 0 Å². The van der Waals surface area contributed by atoms with Gasteiger partial charge in [-0.1, -0.05) is 19.3 Å². The van der Waals surface area contributed by atoms with E-state index in [-0.39, 0.29) is 23.3 Å². The molecule has 21 heavy (non-hydrogen) atoms. The second kappa shape index (κ2) is 5.89. The third-order valence-electron chi connectivity index (χ3n) is 4.52. The minimum absolute atomic E-state index is 0.00408. The van der Waals surface area contributed by atoms with Gasteiger partial charge in [-0.25, -0.2) is 0 Å². The highest BCUT2D eigenvalue weighted by atomic mass is 32.1. The number of rotatable bonds is 3. The predicted molar refractivity (Wildman–Crippen MR) is 82.0 cm³/mol. The lowest BCUT2D eigenvalue weighted by molar-refractivity contribution is -0.0246. The molecule has 2 fully saturated rings. The van der Waals surface area contributed by atoms with Crippen molar-refractivity contribution in [2.45, 2.75) is 57.1 Å². The predicted octanol–water partition coefficient (Wildman–Crippen LogP) is 3.17. The quantitative estimate of drug-likeness (QED) is 0.873. The first-order chi connectivity index (χ1) is 10.1. The van der Waals surface area contributed by atoms with Gasteiger partial charge in [-0.05, 0) is 32.3 Å². The minimum atomic E-state index is -0.0970. The number of Topliss-reactive ketones (excluding diaryl/α,β-unsaturated/α-hetero) is 1. The molecule has 1 atom stereocenters. The summed E-state index contributed by atoms with van der Waals surface area (Å²) >= 11 is 1.32. The van der Waals surface area contributed by atoms with Gasteiger partial charge in [0.2, 0.25) is 0 Å². The highest BCUT2D eigenvalue weighted by Crippen LogP contribution is 2.39. The molecule has 2 heterocycles. The second-order valence-corrected chi connectivity index (χ2v) is 7.10. The van der Waals surface area contributed by atoms with Gasteiger partial charge >= 0.3 is 0 Å². The average molecular weight is 307 g/mol. The smallest absolute Gasteiger partial charge is 0.252 e. The van der Waals surface area contributed by atoms with Crippen LogP contribution in [0.15, 0.2) is 11.4 Å². The summed E-state index contributed by atoms with van der Waals surface area (Å²) in [6.07, 6.45) is 6.91. The molecule has 0 bridgehead atoms. The van der Waals surface area contributed by atoms with Crippen molar-refractivity contribution in [1.29, 1.82) is 0 Å². The summed E-state index contributed by atoms with van der Waals surface area (Å²) in [6, 6.07) is 1.77. The summed E-state index contributed by atoms with van der Waals surface area (Å²) in [5.41, 5.74) is 0.588. The normalized spacial score (nSPS) is 24.1. The van der Waals surface area contributed by atoms with E-state index in [9.17, 15) is 9.59 Å². The lowest BCUT2D eigenvalue weighted by atomic mass is 9.82. The SMILES string of the molecule is CC(=O)c1cc(C(=O)NC2COC3(CCCCC3)C2)cs1. The highest BCUT2D eigenvalue weighted by Gasteiger charge is 2.41. The molecule has 1 aliphatic carbocycles. The Bertz CT molecular complexity index is 545. The minimum Gasteiger partial charge on any atom is -0.373 e. The molecule has 1 saturated carbocycles. The van der Waals surface area contributed by atoms with Crippen molar-refractivity contribution < 1.29 is 14.3 Å². The molecule has 3 rings (SSSR count). The maximum Gasteiger partial charge on any atom is 0.252 e. The van der Waals surface area contributed by atoms with Crippen LogP contribution in [0.1, 0.15) is 65.5 Å². The van der Waals surface area contributed by atoms with Gasteiger partial charge in [0.15, 0.2) is 5.78 Å². The first kappa shape index (κ1) is 14.7. The maximum atomic E-state index is 12.2. The third-order valence-corrected chi connectivity index (χ3v) is 5.55. The fourth-order valence-electron chi connectivity index (χ4n) is 3.39. The Balaban J connectivity index is 1.59. The molecule has 1 amide bonds. The molecule has 2 aliphatic rings. The van der Waals surface area contributed by atoms with Crippen LogP contribution >= 0.6 is 11.3 Å². The van der Waals surface area contributed by atoms with Crippen LogP contribution in [0.25, 0.3) is 0 Å². The molecule has 114 valence electrons. The van der Waals surface area contributed by atoms with Gasteiger partial charge in [-0.3, -0.25) is 9.59 Å². The molecule has 1 spiro atoms. The van der Waals surface area contributed by atoms with E-state index in [1.807, 2.05) is 0 Å². The first-order valence-corrected chi connectivity index (χ1v) is 8.50. The largest absolute Gasteiger partial charge is 0.373 e. The lowest BCUT2D eigenvalue weighted by Crippen LogP contribution is -2.37. The molecule has 0 aromatic carbocycles. The maximum absolute atomic E-state index is 12.2. The van der Waals surface area contributed by atoms with E-state index in [1.165, 1.54) is 37.5 Å². The molecule has 0 radical (unpaired) electrons. The Morgan fingerprint density at radius 3 is 2.76 bits per heavy atom. The second-order valence-electron chi connectivity index (χ2n) is 6.19. The molecular weight excluding hydrogens is 286 g/mol. The van der Waals surface area contributed by atoms with Crippen molar-refractivity contribution in [2.24, 2.45) is 0 Å². The molecule has 4 nitrogen and oxygen atoms in total. The van der Waals surface area contributed by atoms with E-state index in [4.69, 9.17) is 4.74 Å².